The SMILES string of the molecule is N=C(N)NCCSOP(=O)(O)O. The third-order valence-corrected chi connectivity index (χ3v) is 2.22. The van der Waals surface area contributed by atoms with Crippen molar-refractivity contribution in [1.29, 1.82) is 5.41 Å². The number of nitrogens with two attached hydrogens (primary N) is 1. The molecule has 0 aliphatic carbocycles. The van der Waals surface area contributed by atoms with Crippen LogP contribution in [0.3, 0.4) is 0 Å². The zero-order chi connectivity index (χ0) is 9.61. The molecule has 0 fully saturated rings. The summed E-state index contributed by atoms with van der Waals surface area (Å²) in [6.45, 7) is 0.319. The average molecular weight is 215 g/mol. The number of phosphoric acid groups is 1. The van der Waals surface area contributed by atoms with E-state index in [0.717, 1.165) is 0 Å². The molecule has 72 valence electrons. The van der Waals surface area contributed by atoms with Crippen LogP contribution in [0.4, 0.5) is 0 Å². The molecule has 0 rings (SSSR count). The minimum atomic E-state index is -4.38. The minimum absolute atomic E-state index is 0.188. The molecule has 0 amide bonds. The maximum absolute atomic E-state index is 10.1. The van der Waals surface area contributed by atoms with Crippen molar-refractivity contribution in [2.24, 2.45) is 5.73 Å². The third-order valence-electron chi connectivity index (χ3n) is 0.651. The molecule has 0 spiro atoms. The highest BCUT2D eigenvalue weighted by Crippen LogP contribution is 2.40. The first-order valence-electron chi connectivity index (χ1n) is 2.86. The molecule has 0 bridgehead atoms. The van der Waals surface area contributed by atoms with Gasteiger partial charge in [0, 0.05) is 24.3 Å². The quantitative estimate of drug-likeness (QED) is 0.134. The predicted octanol–water partition coefficient (Wildman–Crippen LogP) is -0.773. The van der Waals surface area contributed by atoms with E-state index in [9.17, 15) is 4.57 Å². The fourth-order valence-corrected chi connectivity index (χ4v) is 1.37. The van der Waals surface area contributed by atoms with Gasteiger partial charge in [-0.25, -0.2) is 8.54 Å². The van der Waals surface area contributed by atoms with Crippen LogP contribution in [0, 0.1) is 5.41 Å². The molecule has 0 unspecified atom stereocenters. The Bertz CT molecular complexity index is 194. The lowest BCUT2D eigenvalue weighted by Gasteiger charge is -2.04. The van der Waals surface area contributed by atoms with E-state index in [0.29, 0.717) is 24.3 Å². The van der Waals surface area contributed by atoms with E-state index in [1.54, 1.807) is 0 Å². The fraction of sp³-hybridized carbons (Fsp3) is 0.667. The Kier molecular flexibility index (Phi) is 5.27. The van der Waals surface area contributed by atoms with Crippen molar-refractivity contribution in [3.63, 3.8) is 0 Å². The van der Waals surface area contributed by atoms with Crippen LogP contribution >= 0.6 is 19.9 Å². The lowest BCUT2D eigenvalue weighted by Crippen LogP contribution is -2.31. The molecule has 0 aliphatic rings. The van der Waals surface area contributed by atoms with Crippen LogP contribution in [0.5, 0.6) is 0 Å². The summed E-state index contributed by atoms with van der Waals surface area (Å²) in [7, 11) is -4.38. The van der Waals surface area contributed by atoms with Crippen LogP contribution in [0.2, 0.25) is 0 Å². The van der Waals surface area contributed by atoms with Gasteiger partial charge in [-0.05, 0) is 0 Å². The Morgan fingerprint density at radius 2 is 2.33 bits per heavy atom. The van der Waals surface area contributed by atoms with E-state index in [1.165, 1.54) is 0 Å². The molecule has 7 nitrogen and oxygen atoms in total. The summed E-state index contributed by atoms with van der Waals surface area (Å²) < 4.78 is 14.1. The van der Waals surface area contributed by atoms with Crippen LogP contribution < -0.4 is 11.1 Å². The maximum atomic E-state index is 10.1. The number of hydrogen-bond donors (Lipinski definition) is 5. The zero-order valence-corrected chi connectivity index (χ0v) is 7.77. The van der Waals surface area contributed by atoms with Crippen LogP contribution in [0.1, 0.15) is 0 Å². The zero-order valence-electron chi connectivity index (χ0n) is 6.06. The molecule has 0 aliphatic heterocycles. The first kappa shape index (κ1) is 11.7. The van der Waals surface area contributed by atoms with Crippen molar-refractivity contribution in [3.05, 3.63) is 0 Å². The monoisotopic (exact) mass is 215 g/mol. The van der Waals surface area contributed by atoms with Crippen molar-refractivity contribution >= 4 is 25.8 Å². The highest BCUT2D eigenvalue weighted by atomic mass is 32.2. The fourth-order valence-electron chi connectivity index (χ4n) is 0.333. The lowest BCUT2D eigenvalue weighted by atomic mass is 10.7. The second kappa shape index (κ2) is 5.39. The van der Waals surface area contributed by atoms with E-state index in [-0.39, 0.29) is 5.96 Å². The molecule has 0 aromatic carbocycles. The summed E-state index contributed by atoms with van der Waals surface area (Å²) in [5.41, 5.74) is 4.93. The maximum Gasteiger partial charge on any atom is 0.480 e. The Labute approximate surface area is 73.6 Å². The van der Waals surface area contributed by atoms with Crippen molar-refractivity contribution in [1.82, 2.24) is 5.32 Å². The average Bonchev–Trinajstić information content (AvgIpc) is 1.83. The smallest absolute Gasteiger partial charge is 0.370 e. The standard InChI is InChI=1S/C3H10N3O4PS/c4-3(5)6-1-2-12-10-11(7,8)9/h1-2H2,(H4,4,5,6)(H2,7,8,9). The van der Waals surface area contributed by atoms with Crippen LogP contribution in [0.15, 0.2) is 0 Å². The molecular weight excluding hydrogens is 205 g/mol. The van der Waals surface area contributed by atoms with Crippen molar-refractivity contribution < 1.29 is 18.3 Å². The molecule has 6 N–H and O–H groups in total. The minimum Gasteiger partial charge on any atom is -0.370 e. The van der Waals surface area contributed by atoms with Crippen molar-refractivity contribution in [3.8, 4) is 0 Å². The van der Waals surface area contributed by atoms with Crippen LogP contribution in [0.25, 0.3) is 0 Å². The molecule has 0 atom stereocenters. The molecule has 0 aromatic heterocycles. The van der Waals surface area contributed by atoms with Gasteiger partial charge in [-0.2, -0.15) is 0 Å². The first-order valence-corrected chi connectivity index (χ1v) is 5.30. The van der Waals surface area contributed by atoms with Gasteiger partial charge in [0.25, 0.3) is 0 Å². The molecule has 12 heavy (non-hydrogen) atoms. The number of guanidine groups is 1. The van der Waals surface area contributed by atoms with E-state index in [2.05, 4.69) is 9.29 Å². The number of nitrogens with one attached hydrogen (secondary N) is 2. The summed E-state index contributed by atoms with van der Waals surface area (Å²) in [6, 6.07) is 0. The lowest BCUT2D eigenvalue weighted by molar-refractivity contribution is 0.298. The largest absolute Gasteiger partial charge is 0.480 e. The molecule has 9 heteroatoms. The van der Waals surface area contributed by atoms with E-state index >= 15 is 0 Å². The van der Waals surface area contributed by atoms with Gasteiger partial charge in [-0.1, -0.05) is 0 Å². The topological polar surface area (TPSA) is 129 Å². The highest BCUT2D eigenvalue weighted by molar-refractivity contribution is 7.97. The van der Waals surface area contributed by atoms with E-state index < -0.39 is 7.82 Å². The predicted molar refractivity (Wildman–Crippen MR) is 45.5 cm³/mol. The van der Waals surface area contributed by atoms with Gasteiger partial charge >= 0.3 is 7.82 Å². The van der Waals surface area contributed by atoms with Crippen LogP contribution in [-0.4, -0.2) is 28.0 Å². The summed E-state index contributed by atoms with van der Waals surface area (Å²) in [4.78, 5) is 16.4. The second-order valence-electron chi connectivity index (χ2n) is 1.73. The summed E-state index contributed by atoms with van der Waals surface area (Å²) in [5.74, 6) is 0.108. The molecular formula is C3H10N3O4PS. The van der Waals surface area contributed by atoms with Crippen molar-refractivity contribution in [2.45, 2.75) is 0 Å². The van der Waals surface area contributed by atoms with Gasteiger partial charge in [-0.15, -0.1) is 0 Å². The van der Waals surface area contributed by atoms with Gasteiger partial charge < -0.3 is 20.8 Å². The molecule has 0 saturated carbocycles. The van der Waals surface area contributed by atoms with Gasteiger partial charge in [-0.3, -0.25) is 5.41 Å². The highest BCUT2D eigenvalue weighted by Gasteiger charge is 2.13. The van der Waals surface area contributed by atoms with Crippen LogP contribution in [-0.2, 0) is 8.54 Å². The summed E-state index contributed by atoms with van der Waals surface area (Å²) >= 11 is 0.624. The van der Waals surface area contributed by atoms with Crippen molar-refractivity contribution in [2.75, 3.05) is 12.3 Å². The van der Waals surface area contributed by atoms with E-state index in [1.807, 2.05) is 0 Å². The molecule has 0 radical (unpaired) electrons. The summed E-state index contributed by atoms with van der Waals surface area (Å²) in [6.07, 6.45) is 0. The van der Waals surface area contributed by atoms with E-state index in [4.69, 9.17) is 20.9 Å². The Morgan fingerprint density at radius 1 is 1.75 bits per heavy atom. The number of hydrogen-bond acceptors (Lipinski definition) is 4. The Hall–Kier alpha value is -0.270. The normalized spacial score (nSPS) is 11.2. The first-order chi connectivity index (χ1) is 5.42. The number of rotatable bonds is 5. The second-order valence-corrected chi connectivity index (χ2v) is 3.95. The Morgan fingerprint density at radius 3 is 2.75 bits per heavy atom. The van der Waals surface area contributed by atoms with Gasteiger partial charge in [0.2, 0.25) is 0 Å². The van der Waals surface area contributed by atoms with Gasteiger partial charge in [0.1, 0.15) is 0 Å². The third kappa shape index (κ3) is 9.73. The Balaban J connectivity index is 3.23. The molecule has 0 aromatic rings. The molecule has 0 heterocycles. The van der Waals surface area contributed by atoms with Gasteiger partial charge in [0.05, 0.1) is 0 Å². The summed E-state index contributed by atoms with van der Waals surface area (Å²) in [5, 5.41) is 9.15. The molecule has 0 saturated heterocycles. The van der Waals surface area contributed by atoms with Gasteiger partial charge in [0.15, 0.2) is 5.96 Å².